The highest BCUT2D eigenvalue weighted by atomic mass is 79.9. The highest BCUT2D eigenvalue weighted by Crippen LogP contribution is 2.20. The Labute approximate surface area is 119 Å². The molecule has 0 aliphatic carbocycles. The lowest BCUT2D eigenvalue weighted by Crippen LogP contribution is -2.03. The van der Waals surface area contributed by atoms with Crippen LogP contribution < -0.4 is 10.1 Å². The van der Waals surface area contributed by atoms with Crippen LogP contribution in [-0.2, 0) is 6.54 Å². The van der Waals surface area contributed by atoms with Crippen LogP contribution in [0.4, 0.5) is 10.1 Å². The topological polar surface area (TPSA) is 34.1 Å². The van der Waals surface area contributed by atoms with Crippen molar-refractivity contribution in [2.75, 3.05) is 12.4 Å². The van der Waals surface area contributed by atoms with E-state index >= 15 is 0 Å². The first kappa shape index (κ1) is 13.8. The second kappa shape index (κ2) is 6.02. The maximum Gasteiger partial charge on any atom is 0.165 e. The van der Waals surface area contributed by atoms with Crippen LogP contribution >= 0.6 is 15.9 Å². The number of halogens is 2. The van der Waals surface area contributed by atoms with E-state index in [1.165, 1.54) is 13.2 Å². The normalized spacial score (nSPS) is 10.3. The first-order valence-corrected chi connectivity index (χ1v) is 6.59. The van der Waals surface area contributed by atoms with Crippen molar-refractivity contribution in [3.63, 3.8) is 0 Å². The number of hydrogen-bond acceptors (Lipinski definition) is 3. The highest BCUT2D eigenvalue weighted by molar-refractivity contribution is 9.10. The van der Waals surface area contributed by atoms with Crippen LogP contribution in [0.5, 0.6) is 5.75 Å². The number of methoxy groups -OCH3 is 1. The number of ether oxygens (including phenoxy) is 1. The number of nitrogens with one attached hydrogen (secondary N) is 1. The summed E-state index contributed by atoms with van der Waals surface area (Å²) in [6.45, 7) is 2.45. The summed E-state index contributed by atoms with van der Waals surface area (Å²) in [5.74, 6) is -0.0994. The average molecular weight is 325 g/mol. The molecule has 0 spiro atoms. The molecular formula is C14H14BrFN2O. The van der Waals surface area contributed by atoms with Gasteiger partial charge in [0.1, 0.15) is 4.60 Å². The number of benzene rings is 1. The molecule has 0 radical (unpaired) electrons. The third-order valence-electron chi connectivity index (χ3n) is 2.75. The van der Waals surface area contributed by atoms with E-state index in [1.54, 1.807) is 6.07 Å². The Morgan fingerprint density at radius 1 is 1.32 bits per heavy atom. The van der Waals surface area contributed by atoms with Gasteiger partial charge in [-0.15, -0.1) is 0 Å². The third kappa shape index (κ3) is 3.44. The molecule has 0 atom stereocenters. The Bertz CT molecular complexity index is 590. The van der Waals surface area contributed by atoms with Crippen molar-refractivity contribution in [2.45, 2.75) is 13.5 Å². The molecule has 0 saturated heterocycles. The minimum Gasteiger partial charge on any atom is -0.494 e. The van der Waals surface area contributed by atoms with Crippen LogP contribution in [0.25, 0.3) is 0 Å². The zero-order valence-electron chi connectivity index (χ0n) is 10.7. The molecule has 1 heterocycles. The molecule has 0 bridgehead atoms. The zero-order valence-corrected chi connectivity index (χ0v) is 12.3. The zero-order chi connectivity index (χ0) is 13.8. The molecule has 0 saturated carbocycles. The van der Waals surface area contributed by atoms with Crippen molar-refractivity contribution in [3.8, 4) is 5.75 Å². The SMILES string of the molecule is COc1ccc(CNc2ccc(Br)nc2C)cc1F. The fraction of sp³-hybridized carbons (Fsp3) is 0.214. The maximum atomic E-state index is 13.5. The van der Waals surface area contributed by atoms with Crippen molar-refractivity contribution < 1.29 is 9.13 Å². The predicted molar refractivity (Wildman–Crippen MR) is 77.0 cm³/mol. The number of pyridine rings is 1. The van der Waals surface area contributed by atoms with Crippen molar-refractivity contribution >= 4 is 21.6 Å². The summed E-state index contributed by atoms with van der Waals surface area (Å²) < 4.78 is 19.2. The number of nitrogens with zero attached hydrogens (tertiary/aromatic N) is 1. The highest BCUT2D eigenvalue weighted by Gasteiger charge is 2.04. The van der Waals surface area contributed by atoms with E-state index in [2.05, 4.69) is 26.2 Å². The lowest BCUT2D eigenvalue weighted by atomic mass is 10.2. The fourth-order valence-electron chi connectivity index (χ4n) is 1.73. The molecule has 5 heteroatoms. The van der Waals surface area contributed by atoms with E-state index in [0.29, 0.717) is 6.54 Å². The van der Waals surface area contributed by atoms with Crippen LogP contribution in [0.1, 0.15) is 11.3 Å². The first-order chi connectivity index (χ1) is 9.10. The molecule has 3 nitrogen and oxygen atoms in total. The summed E-state index contributed by atoms with van der Waals surface area (Å²) in [6.07, 6.45) is 0. The Morgan fingerprint density at radius 3 is 2.74 bits per heavy atom. The predicted octanol–water partition coefficient (Wildman–Crippen LogP) is 3.91. The van der Waals surface area contributed by atoms with E-state index in [4.69, 9.17) is 4.74 Å². The molecule has 1 N–H and O–H groups in total. The molecule has 1 aromatic heterocycles. The van der Waals surface area contributed by atoms with Gasteiger partial charge in [0.05, 0.1) is 18.5 Å². The van der Waals surface area contributed by atoms with E-state index in [-0.39, 0.29) is 11.6 Å². The molecule has 100 valence electrons. The summed E-state index contributed by atoms with van der Waals surface area (Å²) in [5, 5.41) is 3.23. The molecule has 0 amide bonds. The lowest BCUT2D eigenvalue weighted by Gasteiger charge is -2.10. The van der Waals surface area contributed by atoms with E-state index in [9.17, 15) is 4.39 Å². The Kier molecular flexibility index (Phi) is 4.37. The molecule has 2 aromatic rings. The molecule has 0 unspecified atom stereocenters. The van der Waals surface area contributed by atoms with Crippen LogP contribution in [0.15, 0.2) is 34.9 Å². The second-order valence-corrected chi connectivity index (χ2v) is 4.90. The van der Waals surface area contributed by atoms with Crippen molar-refractivity contribution in [1.29, 1.82) is 0 Å². The molecule has 0 aliphatic heterocycles. The summed E-state index contributed by atoms with van der Waals surface area (Å²) in [4.78, 5) is 4.29. The van der Waals surface area contributed by atoms with E-state index in [1.807, 2.05) is 25.1 Å². The molecule has 2 rings (SSSR count). The van der Waals surface area contributed by atoms with Gasteiger partial charge in [-0.2, -0.15) is 0 Å². The monoisotopic (exact) mass is 324 g/mol. The minimum atomic E-state index is -0.354. The van der Waals surface area contributed by atoms with Gasteiger partial charge in [0, 0.05) is 6.54 Å². The van der Waals surface area contributed by atoms with Gasteiger partial charge < -0.3 is 10.1 Å². The van der Waals surface area contributed by atoms with Gasteiger partial charge in [-0.3, -0.25) is 0 Å². The number of anilines is 1. The number of rotatable bonds is 4. The van der Waals surface area contributed by atoms with Gasteiger partial charge >= 0.3 is 0 Å². The van der Waals surface area contributed by atoms with E-state index < -0.39 is 0 Å². The second-order valence-electron chi connectivity index (χ2n) is 4.09. The Hall–Kier alpha value is -1.62. The van der Waals surface area contributed by atoms with Gasteiger partial charge in [-0.1, -0.05) is 6.07 Å². The van der Waals surface area contributed by atoms with E-state index in [0.717, 1.165) is 21.5 Å². The number of hydrogen-bond donors (Lipinski definition) is 1. The third-order valence-corrected chi connectivity index (χ3v) is 3.19. The van der Waals surface area contributed by atoms with Gasteiger partial charge in [0.25, 0.3) is 0 Å². The van der Waals surface area contributed by atoms with Crippen molar-refractivity contribution in [2.24, 2.45) is 0 Å². The average Bonchev–Trinajstić information content (AvgIpc) is 2.38. The van der Waals surface area contributed by atoms with Crippen LogP contribution in [-0.4, -0.2) is 12.1 Å². The summed E-state index contributed by atoms with van der Waals surface area (Å²) >= 11 is 3.32. The Morgan fingerprint density at radius 2 is 2.11 bits per heavy atom. The van der Waals surface area contributed by atoms with Gasteiger partial charge in [0.2, 0.25) is 0 Å². The fourth-order valence-corrected chi connectivity index (χ4v) is 2.13. The quantitative estimate of drug-likeness (QED) is 0.866. The van der Waals surface area contributed by atoms with Crippen LogP contribution in [0.2, 0.25) is 0 Å². The maximum absolute atomic E-state index is 13.5. The number of aromatic nitrogens is 1. The largest absolute Gasteiger partial charge is 0.494 e. The lowest BCUT2D eigenvalue weighted by molar-refractivity contribution is 0.386. The standard InChI is InChI=1S/C14H14BrFN2O/c1-9-12(4-6-14(15)18-9)17-8-10-3-5-13(19-2)11(16)7-10/h3-7,17H,8H2,1-2H3. The smallest absolute Gasteiger partial charge is 0.165 e. The summed E-state index contributed by atoms with van der Waals surface area (Å²) in [6, 6.07) is 8.72. The van der Waals surface area contributed by atoms with Crippen LogP contribution in [0.3, 0.4) is 0 Å². The Balaban J connectivity index is 2.08. The van der Waals surface area contributed by atoms with Crippen LogP contribution in [0, 0.1) is 12.7 Å². The molecular weight excluding hydrogens is 311 g/mol. The van der Waals surface area contributed by atoms with Gasteiger partial charge in [-0.05, 0) is 52.7 Å². The molecule has 0 aliphatic rings. The van der Waals surface area contributed by atoms with Crippen molar-refractivity contribution in [3.05, 3.63) is 52.0 Å². The molecule has 19 heavy (non-hydrogen) atoms. The molecule has 0 fully saturated rings. The molecule has 1 aromatic carbocycles. The summed E-state index contributed by atoms with van der Waals surface area (Å²) in [5.41, 5.74) is 2.67. The minimum absolute atomic E-state index is 0.255. The van der Waals surface area contributed by atoms with Gasteiger partial charge in [0.15, 0.2) is 11.6 Å². The first-order valence-electron chi connectivity index (χ1n) is 5.79. The number of aryl methyl sites for hydroxylation is 1. The summed E-state index contributed by atoms with van der Waals surface area (Å²) in [7, 11) is 1.45. The van der Waals surface area contributed by atoms with Gasteiger partial charge in [-0.25, -0.2) is 9.37 Å². The van der Waals surface area contributed by atoms with Crippen molar-refractivity contribution in [1.82, 2.24) is 4.98 Å².